The topological polar surface area (TPSA) is 69.6 Å². The summed E-state index contributed by atoms with van der Waals surface area (Å²) in [6, 6.07) is 14.0. The number of amides is 2. The number of carbonyl (C=O) groups excluding carboxylic acids is 2. The van der Waals surface area contributed by atoms with Crippen LogP contribution in [0.4, 0.5) is 0 Å². The molecule has 0 saturated carbocycles. The van der Waals surface area contributed by atoms with E-state index in [9.17, 15) is 14.7 Å². The zero-order valence-electron chi connectivity index (χ0n) is 17.1. The second-order valence-electron chi connectivity index (χ2n) is 7.98. The van der Waals surface area contributed by atoms with Crippen molar-refractivity contribution >= 4 is 46.2 Å². The second-order valence-corrected chi connectivity index (χ2v) is 9.66. The van der Waals surface area contributed by atoms with Crippen LogP contribution in [-0.2, 0) is 11.2 Å². The van der Waals surface area contributed by atoms with Crippen molar-refractivity contribution in [3.8, 4) is 5.75 Å². The molecule has 0 bridgehead atoms. The van der Waals surface area contributed by atoms with E-state index in [4.69, 9.17) is 12.2 Å². The largest absolute Gasteiger partial charge is 0.508 e. The molecule has 1 fully saturated rings. The predicted molar refractivity (Wildman–Crippen MR) is 125 cm³/mol. The molecule has 1 saturated heterocycles. The van der Waals surface area contributed by atoms with E-state index in [1.54, 1.807) is 35.2 Å². The third kappa shape index (κ3) is 5.29. The van der Waals surface area contributed by atoms with Gasteiger partial charge in [0.1, 0.15) is 10.1 Å². The summed E-state index contributed by atoms with van der Waals surface area (Å²) in [6.07, 6.45) is 2.48. The van der Waals surface area contributed by atoms with Crippen LogP contribution in [-0.4, -0.2) is 38.2 Å². The third-order valence-corrected chi connectivity index (χ3v) is 5.87. The van der Waals surface area contributed by atoms with Gasteiger partial charge in [-0.25, -0.2) is 0 Å². The van der Waals surface area contributed by atoms with E-state index < -0.39 is 0 Å². The van der Waals surface area contributed by atoms with Gasteiger partial charge in [0.2, 0.25) is 0 Å². The van der Waals surface area contributed by atoms with Gasteiger partial charge in [0, 0.05) is 17.6 Å². The molecule has 1 aliphatic rings. The molecule has 2 aromatic carbocycles. The summed E-state index contributed by atoms with van der Waals surface area (Å²) in [5.74, 6) is -0.0172. The van der Waals surface area contributed by atoms with Gasteiger partial charge in [-0.1, -0.05) is 48.2 Å². The number of thiocarbonyl (C=S) groups is 1. The fourth-order valence-corrected chi connectivity index (χ4v) is 4.65. The van der Waals surface area contributed by atoms with Crippen LogP contribution in [0.1, 0.15) is 42.3 Å². The standard InChI is InChI=1S/C23H24N2O3S2/c1-23(2,3)25-21(28)19(30-22(25)29)14-16-4-8-17(9-5-16)20(27)24-13-12-15-6-10-18(26)11-7-15/h4-11,14,26H,12-13H2,1-3H3,(H,24,27). The molecule has 0 unspecified atom stereocenters. The van der Waals surface area contributed by atoms with Gasteiger partial charge in [0.15, 0.2) is 0 Å². The highest BCUT2D eigenvalue weighted by molar-refractivity contribution is 8.26. The van der Waals surface area contributed by atoms with Crippen LogP contribution >= 0.6 is 24.0 Å². The number of hydrogen-bond donors (Lipinski definition) is 2. The lowest BCUT2D eigenvalue weighted by atomic mass is 10.1. The molecule has 30 heavy (non-hydrogen) atoms. The molecule has 156 valence electrons. The van der Waals surface area contributed by atoms with Crippen LogP contribution in [0.5, 0.6) is 5.75 Å². The van der Waals surface area contributed by atoms with Gasteiger partial charge < -0.3 is 10.4 Å². The van der Waals surface area contributed by atoms with Crippen LogP contribution in [0, 0.1) is 0 Å². The highest BCUT2D eigenvalue weighted by atomic mass is 32.2. The molecule has 2 aromatic rings. The Hall–Kier alpha value is -2.64. The first kappa shape index (κ1) is 22.1. The van der Waals surface area contributed by atoms with Crippen molar-refractivity contribution in [2.45, 2.75) is 32.7 Å². The van der Waals surface area contributed by atoms with Crippen LogP contribution in [0.3, 0.4) is 0 Å². The minimum absolute atomic E-state index is 0.0893. The predicted octanol–water partition coefficient (Wildman–Crippen LogP) is 4.36. The van der Waals surface area contributed by atoms with Gasteiger partial charge in [-0.05, 0) is 68.7 Å². The minimum Gasteiger partial charge on any atom is -0.508 e. The number of phenols is 1. The Bertz CT molecular complexity index is 991. The first-order valence-electron chi connectivity index (χ1n) is 9.59. The van der Waals surface area contributed by atoms with E-state index in [1.807, 2.05) is 45.0 Å². The zero-order valence-corrected chi connectivity index (χ0v) is 18.8. The lowest BCUT2D eigenvalue weighted by Gasteiger charge is -2.30. The number of nitrogens with one attached hydrogen (secondary N) is 1. The SMILES string of the molecule is CC(C)(C)N1C(=O)C(=Cc2ccc(C(=O)NCCc3ccc(O)cc3)cc2)SC1=S. The average molecular weight is 441 g/mol. The zero-order chi connectivity index (χ0) is 21.9. The van der Waals surface area contributed by atoms with Crippen LogP contribution in [0.15, 0.2) is 53.4 Å². The summed E-state index contributed by atoms with van der Waals surface area (Å²) in [6.45, 7) is 6.36. The molecule has 7 heteroatoms. The lowest BCUT2D eigenvalue weighted by molar-refractivity contribution is -0.125. The first-order chi connectivity index (χ1) is 14.1. The second kappa shape index (κ2) is 9.02. The number of phenolic OH excluding ortho intramolecular Hbond substituents is 1. The van der Waals surface area contributed by atoms with Crippen molar-refractivity contribution in [2.24, 2.45) is 0 Å². The molecule has 3 rings (SSSR count). The number of carbonyl (C=O) groups is 2. The monoisotopic (exact) mass is 440 g/mol. The molecular weight excluding hydrogens is 416 g/mol. The normalized spacial score (nSPS) is 15.7. The van der Waals surface area contributed by atoms with E-state index >= 15 is 0 Å². The Balaban J connectivity index is 1.60. The highest BCUT2D eigenvalue weighted by Crippen LogP contribution is 2.36. The number of hydrogen-bond acceptors (Lipinski definition) is 5. The first-order valence-corrected chi connectivity index (χ1v) is 10.8. The minimum atomic E-state index is -0.362. The van der Waals surface area contributed by atoms with Gasteiger partial charge in [-0.2, -0.15) is 0 Å². The number of benzene rings is 2. The third-order valence-electron chi connectivity index (χ3n) is 4.57. The van der Waals surface area contributed by atoms with Gasteiger partial charge >= 0.3 is 0 Å². The van der Waals surface area contributed by atoms with E-state index in [2.05, 4.69) is 5.32 Å². The molecule has 1 aliphatic heterocycles. The van der Waals surface area contributed by atoms with Crippen LogP contribution in [0.25, 0.3) is 6.08 Å². The quantitative estimate of drug-likeness (QED) is 0.534. The molecule has 1 heterocycles. The van der Waals surface area contributed by atoms with Gasteiger partial charge in [-0.3, -0.25) is 14.5 Å². The highest BCUT2D eigenvalue weighted by Gasteiger charge is 2.38. The van der Waals surface area contributed by atoms with Gasteiger partial charge in [-0.15, -0.1) is 0 Å². The number of nitrogens with zero attached hydrogens (tertiary/aromatic N) is 1. The van der Waals surface area contributed by atoms with E-state index in [-0.39, 0.29) is 23.1 Å². The Labute approximate surface area is 186 Å². The number of aromatic hydroxyl groups is 1. The summed E-state index contributed by atoms with van der Waals surface area (Å²) < 4.78 is 0.559. The van der Waals surface area contributed by atoms with Gasteiger partial charge in [0.05, 0.1) is 4.91 Å². The fraction of sp³-hybridized carbons (Fsp3) is 0.261. The molecule has 2 N–H and O–H groups in total. The molecule has 0 spiro atoms. The molecule has 0 aromatic heterocycles. The molecular formula is C23H24N2O3S2. The summed E-state index contributed by atoms with van der Waals surface area (Å²) in [4.78, 5) is 27.2. The molecule has 5 nitrogen and oxygen atoms in total. The number of rotatable bonds is 5. The van der Waals surface area contributed by atoms with Crippen LogP contribution < -0.4 is 5.32 Å². The molecule has 0 aliphatic carbocycles. The number of thioether (sulfide) groups is 1. The van der Waals surface area contributed by atoms with Crippen molar-refractivity contribution in [2.75, 3.05) is 6.54 Å². The fourth-order valence-electron chi connectivity index (χ4n) is 3.01. The van der Waals surface area contributed by atoms with Crippen molar-refractivity contribution in [1.29, 1.82) is 0 Å². The summed E-state index contributed by atoms with van der Waals surface area (Å²) >= 11 is 6.66. The average Bonchev–Trinajstić information content (AvgIpc) is 2.97. The van der Waals surface area contributed by atoms with Crippen molar-refractivity contribution in [1.82, 2.24) is 10.2 Å². The maximum atomic E-state index is 12.7. The van der Waals surface area contributed by atoms with Crippen molar-refractivity contribution in [3.05, 3.63) is 70.1 Å². The Morgan fingerprint density at radius 2 is 1.77 bits per heavy atom. The van der Waals surface area contributed by atoms with Crippen molar-refractivity contribution in [3.63, 3.8) is 0 Å². The Morgan fingerprint density at radius 1 is 1.13 bits per heavy atom. The molecule has 0 radical (unpaired) electrons. The maximum Gasteiger partial charge on any atom is 0.266 e. The molecule has 0 atom stereocenters. The summed E-state index contributed by atoms with van der Waals surface area (Å²) in [7, 11) is 0. The molecule has 2 amide bonds. The Morgan fingerprint density at radius 3 is 2.33 bits per heavy atom. The summed E-state index contributed by atoms with van der Waals surface area (Å²) in [5.41, 5.74) is 2.07. The maximum absolute atomic E-state index is 12.7. The van der Waals surface area contributed by atoms with Crippen LogP contribution in [0.2, 0.25) is 0 Å². The Kier molecular flexibility index (Phi) is 6.63. The van der Waals surface area contributed by atoms with E-state index in [0.717, 1.165) is 11.1 Å². The van der Waals surface area contributed by atoms with Gasteiger partial charge in [0.25, 0.3) is 11.8 Å². The lowest BCUT2D eigenvalue weighted by Crippen LogP contribution is -2.44. The summed E-state index contributed by atoms with van der Waals surface area (Å²) in [5, 5.41) is 12.2. The van der Waals surface area contributed by atoms with E-state index in [1.165, 1.54) is 11.8 Å². The smallest absolute Gasteiger partial charge is 0.266 e. The van der Waals surface area contributed by atoms with E-state index in [0.29, 0.717) is 27.8 Å². The van der Waals surface area contributed by atoms with Crippen molar-refractivity contribution < 1.29 is 14.7 Å².